The maximum atomic E-state index is 6.01. The third kappa shape index (κ3) is 4.54. The number of rotatable bonds is 4. The van der Waals surface area contributed by atoms with Crippen molar-refractivity contribution in [2.24, 2.45) is 5.41 Å². The smallest absolute Gasteiger partial charge is 0.0409 e. The zero-order valence-corrected chi connectivity index (χ0v) is 11.4. The number of nitrogens with one attached hydrogen (secondary N) is 1. The minimum atomic E-state index is 0.312. The maximum Gasteiger partial charge on any atom is 0.0409 e. The number of hydrogen-bond donors (Lipinski definition) is 1. The van der Waals surface area contributed by atoms with Crippen LogP contribution in [0.2, 0.25) is 5.02 Å². The number of halogens is 1. The minimum absolute atomic E-state index is 0.312. The van der Waals surface area contributed by atoms with Crippen molar-refractivity contribution in [1.82, 2.24) is 5.32 Å². The first-order valence-corrected chi connectivity index (χ1v) is 6.29. The molecule has 0 saturated heterocycles. The van der Waals surface area contributed by atoms with Crippen LogP contribution in [-0.4, -0.2) is 6.54 Å². The predicted molar refractivity (Wildman–Crippen MR) is 71.9 cm³/mol. The van der Waals surface area contributed by atoms with Gasteiger partial charge in [0.05, 0.1) is 0 Å². The average Bonchev–Trinajstić information content (AvgIpc) is 2.17. The molecule has 1 rings (SSSR count). The summed E-state index contributed by atoms with van der Waals surface area (Å²) >= 11 is 6.01. The minimum Gasteiger partial charge on any atom is -0.309 e. The van der Waals surface area contributed by atoms with Gasteiger partial charge >= 0.3 is 0 Å². The van der Waals surface area contributed by atoms with Gasteiger partial charge in [-0.3, -0.25) is 0 Å². The standard InChI is InChI=1S/C14H22ClN/c1-5-13(16-10-14(2,3)4)11-7-6-8-12(15)9-11/h6-9,13,16H,5,10H2,1-4H3. The van der Waals surface area contributed by atoms with Gasteiger partial charge in [0.1, 0.15) is 0 Å². The lowest BCUT2D eigenvalue weighted by atomic mass is 9.95. The average molecular weight is 240 g/mol. The molecule has 1 nitrogen and oxygen atoms in total. The molecule has 0 aromatic heterocycles. The van der Waals surface area contributed by atoms with E-state index in [4.69, 9.17) is 11.6 Å². The second-order valence-electron chi connectivity index (χ2n) is 5.46. The fourth-order valence-corrected chi connectivity index (χ4v) is 1.85. The second kappa shape index (κ2) is 5.70. The summed E-state index contributed by atoms with van der Waals surface area (Å²) < 4.78 is 0. The highest BCUT2D eigenvalue weighted by atomic mass is 35.5. The van der Waals surface area contributed by atoms with Crippen molar-refractivity contribution in [3.05, 3.63) is 34.9 Å². The Kier molecular flexibility index (Phi) is 4.82. The first-order valence-electron chi connectivity index (χ1n) is 5.91. The van der Waals surface area contributed by atoms with Gasteiger partial charge in [0.15, 0.2) is 0 Å². The zero-order chi connectivity index (χ0) is 12.2. The van der Waals surface area contributed by atoms with E-state index in [1.807, 2.05) is 18.2 Å². The molecule has 16 heavy (non-hydrogen) atoms. The highest BCUT2D eigenvalue weighted by Gasteiger charge is 2.14. The van der Waals surface area contributed by atoms with E-state index in [1.165, 1.54) is 5.56 Å². The van der Waals surface area contributed by atoms with Gasteiger partial charge in [-0.2, -0.15) is 0 Å². The first-order chi connectivity index (χ1) is 7.42. The van der Waals surface area contributed by atoms with Gasteiger partial charge in [0.2, 0.25) is 0 Å². The van der Waals surface area contributed by atoms with E-state index in [1.54, 1.807) is 0 Å². The lowest BCUT2D eigenvalue weighted by Crippen LogP contribution is -2.30. The van der Waals surface area contributed by atoms with Gasteiger partial charge in [-0.15, -0.1) is 0 Å². The van der Waals surface area contributed by atoms with Crippen LogP contribution in [0, 0.1) is 5.41 Å². The summed E-state index contributed by atoms with van der Waals surface area (Å²) in [5, 5.41) is 4.41. The molecular weight excluding hydrogens is 218 g/mol. The van der Waals surface area contributed by atoms with Crippen LogP contribution in [0.15, 0.2) is 24.3 Å². The Morgan fingerprint density at radius 1 is 1.31 bits per heavy atom. The van der Waals surface area contributed by atoms with Gasteiger partial charge in [0.25, 0.3) is 0 Å². The quantitative estimate of drug-likeness (QED) is 0.820. The van der Waals surface area contributed by atoms with Crippen LogP contribution >= 0.6 is 11.6 Å². The molecule has 0 aliphatic heterocycles. The van der Waals surface area contributed by atoms with Gasteiger partial charge in [-0.05, 0) is 29.5 Å². The molecule has 1 aromatic rings. The fourth-order valence-electron chi connectivity index (χ4n) is 1.65. The Bertz CT molecular complexity index is 328. The van der Waals surface area contributed by atoms with E-state index < -0.39 is 0 Å². The molecule has 1 N–H and O–H groups in total. The molecule has 1 aromatic carbocycles. The van der Waals surface area contributed by atoms with Crippen molar-refractivity contribution in [3.63, 3.8) is 0 Å². The van der Waals surface area contributed by atoms with Crippen molar-refractivity contribution in [2.45, 2.75) is 40.2 Å². The van der Waals surface area contributed by atoms with Crippen LogP contribution in [0.5, 0.6) is 0 Å². The van der Waals surface area contributed by atoms with Crippen LogP contribution < -0.4 is 5.32 Å². The van der Waals surface area contributed by atoms with Gasteiger partial charge in [-0.25, -0.2) is 0 Å². The summed E-state index contributed by atoms with van der Waals surface area (Å²) in [5.74, 6) is 0. The molecule has 0 amide bonds. The van der Waals surface area contributed by atoms with E-state index in [9.17, 15) is 0 Å². The SMILES string of the molecule is CCC(NCC(C)(C)C)c1cccc(Cl)c1. The van der Waals surface area contributed by atoms with Gasteiger partial charge in [-0.1, -0.05) is 51.4 Å². The summed E-state index contributed by atoms with van der Waals surface area (Å²) in [6.07, 6.45) is 1.08. The molecule has 0 fully saturated rings. The van der Waals surface area contributed by atoms with E-state index in [0.717, 1.165) is 18.0 Å². The van der Waals surface area contributed by atoms with Gasteiger partial charge in [0, 0.05) is 17.6 Å². The second-order valence-corrected chi connectivity index (χ2v) is 5.89. The molecule has 0 heterocycles. The molecule has 2 heteroatoms. The molecule has 0 saturated carbocycles. The molecule has 0 aliphatic carbocycles. The molecule has 0 aliphatic rings. The lowest BCUT2D eigenvalue weighted by molar-refractivity contribution is 0.349. The summed E-state index contributed by atoms with van der Waals surface area (Å²) in [6.45, 7) is 9.93. The van der Waals surface area contributed by atoms with Crippen molar-refractivity contribution in [3.8, 4) is 0 Å². The van der Waals surface area contributed by atoms with Crippen molar-refractivity contribution in [1.29, 1.82) is 0 Å². The summed E-state index contributed by atoms with van der Waals surface area (Å²) in [6, 6.07) is 8.51. The zero-order valence-electron chi connectivity index (χ0n) is 10.7. The largest absolute Gasteiger partial charge is 0.309 e. The number of hydrogen-bond acceptors (Lipinski definition) is 1. The molecule has 1 unspecified atom stereocenters. The van der Waals surface area contributed by atoms with E-state index >= 15 is 0 Å². The van der Waals surface area contributed by atoms with Crippen LogP contribution in [0.3, 0.4) is 0 Å². The van der Waals surface area contributed by atoms with Gasteiger partial charge < -0.3 is 5.32 Å². The molecule has 0 radical (unpaired) electrons. The van der Waals surface area contributed by atoms with E-state index in [2.05, 4.69) is 39.1 Å². The van der Waals surface area contributed by atoms with Crippen molar-refractivity contribution >= 4 is 11.6 Å². The third-order valence-corrected chi connectivity index (χ3v) is 2.77. The molecular formula is C14H22ClN. The topological polar surface area (TPSA) is 12.0 Å². The Hall–Kier alpha value is -0.530. The van der Waals surface area contributed by atoms with Crippen molar-refractivity contribution in [2.75, 3.05) is 6.54 Å². The van der Waals surface area contributed by atoms with E-state index in [0.29, 0.717) is 11.5 Å². The Morgan fingerprint density at radius 3 is 2.50 bits per heavy atom. The predicted octanol–water partition coefficient (Wildman–Crippen LogP) is 4.43. The molecule has 1 atom stereocenters. The Balaban J connectivity index is 2.68. The Labute approximate surface area is 104 Å². The van der Waals surface area contributed by atoms with E-state index in [-0.39, 0.29) is 0 Å². The summed E-state index contributed by atoms with van der Waals surface area (Å²) in [5.41, 5.74) is 1.59. The monoisotopic (exact) mass is 239 g/mol. The van der Waals surface area contributed by atoms with Crippen LogP contribution in [-0.2, 0) is 0 Å². The third-order valence-electron chi connectivity index (χ3n) is 2.54. The van der Waals surface area contributed by atoms with Crippen LogP contribution in [0.4, 0.5) is 0 Å². The highest BCUT2D eigenvalue weighted by Crippen LogP contribution is 2.22. The molecule has 0 spiro atoms. The summed E-state index contributed by atoms with van der Waals surface area (Å²) in [7, 11) is 0. The molecule has 90 valence electrons. The Morgan fingerprint density at radius 2 is 2.00 bits per heavy atom. The lowest BCUT2D eigenvalue weighted by Gasteiger charge is -2.24. The van der Waals surface area contributed by atoms with Crippen molar-refractivity contribution < 1.29 is 0 Å². The maximum absolute atomic E-state index is 6.01. The molecule has 0 bridgehead atoms. The van der Waals surface area contributed by atoms with Crippen LogP contribution in [0.1, 0.15) is 45.7 Å². The summed E-state index contributed by atoms with van der Waals surface area (Å²) in [4.78, 5) is 0. The first kappa shape index (κ1) is 13.5. The van der Waals surface area contributed by atoms with Crippen LogP contribution in [0.25, 0.3) is 0 Å². The fraction of sp³-hybridized carbons (Fsp3) is 0.571. The normalized spacial score (nSPS) is 13.8. The highest BCUT2D eigenvalue weighted by molar-refractivity contribution is 6.30. The number of benzene rings is 1.